The highest BCUT2D eigenvalue weighted by Gasteiger charge is 2.38. The second-order valence-electron chi connectivity index (χ2n) is 16.1. The fourth-order valence-electron chi connectivity index (χ4n) is 9.51. The monoisotopic (exact) mass is 752 g/mol. The lowest BCUT2D eigenvalue weighted by Gasteiger charge is -2.23. The van der Waals surface area contributed by atoms with Crippen molar-refractivity contribution in [3.05, 3.63) is 217 Å². The average molecular weight is 753 g/mol. The van der Waals surface area contributed by atoms with Gasteiger partial charge in [0, 0.05) is 22.1 Å². The van der Waals surface area contributed by atoms with E-state index in [9.17, 15) is 0 Å². The fourth-order valence-corrected chi connectivity index (χ4v) is 9.51. The van der Waals surface area contributed by atoms with E-state index in [2.05, 4.69) is 202 Å². The Morgan fingerprint density at radius 2 is 0.847 bits per heavy atom. The molecule has 1 heterocycles. The maximum Gasteiger partial charge on any atom is 0.160 e. The van der Waals surface area contributed by atoms with E-state index in [0.717, 1.165) is 44.6 Å². The molecule has 1 aliphatic carbocycles. The Morgan fingerprint density at radius 3 is 1.58 bits per heavy atom. The fraction of sp³-hybridized carbons (Fsp3) is 0.0526. The molecule has 2 heteroatoms. The van der Waals surface area contributed by atoms with Gasteiger partial charge in [0.25, 0.3) is 0 Å². The van der Waals surface area contributed by atoms with E-state index >= 15 is 0 Å². The molecule has 0 radical (unpaired) electrons. The lowest BCUT2D eigenvalue weighted by Crippen LogP contribution is -2.15. The van der Waals surface area contributed by atoms with E-state index in [1.165, 1.54) is 60.7 Å². The lowest BCUT2D eigenvalue weighted by molar-refractivity contribution is 0.666. The minimum Gasteiger partial charge on any atom is -0.228 e. The SMILES string of the molecule is CC1(C)c2cccc(-c3ccc(-c4ccc(-c5cc(-c6ccccc6-c6ccccc6)nc(-c6ccccc6)n5)c5ccccc45)cc3)c2-c2ccc3ccccc3c21. The van der Waals surface area contributed by atoms with Crippen molar-refractivity contribution in [2.45, 2.75) is 19.3 Å². The van der Waals surface area contributed by atoms with E-state index in [-0.39, 0.29) is 5.41 Å². The zero-order valence-electron chi connectivity index (χ0n) is 33.0. The Balaban J connectivity index is 1.02. The first-order valence-electron chi connectivity index (χ1n) is 20.4. The van der Waals surface area contributed by atoms with E-state index in [1.807, 2.05) is 18.2 Å². The number of fused-ring (bicyclic) bond motifs is 6. The van der Waals surface area contributed by atoms with Gasteiger partial charge in [-0.05, 0) is 83.2 Å². The van der Waals surface area contributed by atoms with Gasteiger partial charge in [0.2, 0.25) is 0 Å². The molecule has 0 saturated heterocycles. The van der Waals surface area contributed by atoms with Crippen molar-refractivity contribution >= 4 is 21.5 Å². The van der Waals surface area contributed by atoms with Crippen LogP contribution in [-0.4, -0.2) is 9.97 Å². The molecule has 10 aromatic rings. The van der Waals surface area contributed by atoms with Crippen LogP contribution in [0, 0.1) is 0 Å². The molecular formula is C57H40N2. The molecule has 0 bridgehead atoms. The second-order valence-corrected chi connectivity index (χ2v) is 16.1. The number of hydrogen-bond donors (Lipinski definition) is 0. The van der Waals surface area contributed by atoms with Gasteiger partial charge in [-0.15, -0.1) is 0 Å². The highest BCUT2D eigenvalue weighted by Crippen LogP contribution is 2.54. The summed E-state index contributed by atoms with van der Waals surface area (Å²) >= 11 is 0. The van der Waals surface area contributed by atoms with Gasteiger partial charge >= 0.3 is 0 Å². The number of aromatic nitrogens is 2. The normalized spacial score (nSPS) is 12.7. The largest absolute Gasteiger partial charge is 0.228 e. The topological polar surface area (TPSA) is 25.8 Å². The van der Waals surface area contributed by atoms with Gasteiger partial charge in [-0.3, -0.25) is 0 Å². The molecule has 0 saturated carbocycles. The van der Waals surface area contributed by atoms with Crippen molar-refractivity contribution in [1.82, 2.24) is 9.97 Å². The summed E-state index contributed by atoms with van der Waals surface area (Å²) in [5.74, 6) is 0.705. The third-order valence-corrected chi connectivity index (χ3v) is 12.3. The molecule has 0 spiro atoms. The molecule has 9 aromatic carbocycles. The van der Waals surface area contributed by atoms with Crippen LogP contribution in [0.15, 0.2) is 206 Å². The molecule has 2 nitrogen and oxygen atoms in total. The van der Waals surface area contributed by atoms with E-state index in [4.69, 9.17) is 9.97 Å². The van der Waals surface area contributed by atoms with Gasteiger partial charge in [0.05, 0.1) is 11.4 Å². The Kier molecular flexibility index (Phi) is 8.20. The van der Waals surface area contributed by atoms with Crippen molar-refractivity contribution in [3.63, 3.8) is 0 Å². The summed E-state index contributed by atoms with van der Waals surface area (Å²) in [6.45, 7) is 4.75. The number of rotatable bonds is 6. The first-order valence-corrected chi connectivity index (χ1v) is 20.4. The van der Waals surface area contributed by atoms with Crippen LogP contribution in [0.2, 0.25) is 0 Å². The maximum atomic E-state index is 5.26. The van der Waals surface area contributed by atoms with Gasteiger partial charge in [-0.2, -0.15) is 0 Å². The zero-order chi connectivity index (χ0) is 39.5. The smallest absolute Gasteiger partial charge is 0.160 e. The van der Waals surface area contributed by atoms with Crippen molar-refractivity contribution in [2.24, 2.45) is 0 Å². The maximum absolute atomic E-state index is 5.26. The van der Waals surface area contributed by atoms with Crippen molar-refractivity contribution in [1.29, 1.82) is 0 Å². The lowest BCUT2D eigenvalue weighted by atomic mass is 9.80. The predicted molar refractivity (Wildman–Crippen MR) is 247 cm³/mol. The van der Waals surface area contributed by atoms with Crippen molar-refractivity contribution in [3.8, 4) is 78.4 Å². The number of hydrogen-bond acceptors (Lipinski definition) is 2. The number of nitrogens with zero attached hydrogens (tertiary/aromatic N) is 2. The molecular weight excluding hydrogens is 713 g/mol. The van der Waals surface area contributed by atoms with Crippen LogP contribution in [0.3, 0.4) is 0 Å². The molecule has 1 aromatic heterocycles. The summed E-state index contributed by atoms with van der Waals surface area (Å²) < 4.78 is 0. The molecule has 0 atom stereocenters. The third kappa shape index (κ3) is 5.79. The van der Waals surface area contributed by atoms with Crippen molar-refractivity contribution in [2.75, 3.05) is 0 Å². The third-order valence-electron chi connectivity index (χ3n) is 12.3. The molecule has 278 valence electrons. The van der Waals surface area contributed by atoms with E-state index in [1.54, 1.807) is 0 Å². The summed E-state index contributed by atoms with van der Waals surface area (Å²) in [6, 6.07) is 74.2. The Hall–Kier alpha value is -7.42. The summed E-state index contributed by atoms with van der Waals surface area (Å²) in [7, 11) is 0. The van der Waals surface area contributed by atoms with E-state index < -0.39 is 0 Å². The first kappa shape index (κ1) is 34.8. The highest BCUT2D eigenvalue weighted by atomic mass is 14.9. The summed E-state index contributed by atoms with van der Waals surface area (Å²) in [4.78, 5) is 10.5. The number of benzene rings is 9. The van der Waals surface area contributed by atoms with Crippen LogP contribution in [0.5, 0.6) is 0 Å². The predicted octanol–water partition coefficient (Wildman–Crippen LogP) is 15.1. The summed E-state index contributed by atoms with van der Waals surface area (Å²) in [5, 5.41) is 4.98. The van der Waals surface area contributed by atoms with Crippen LogP contribution >= 0.6 is 0 Å². The standard InChI is InChI=1S/C57H40N2/c1-57(2)51-27-15-26-44(54(51)50-33-32-38-18-9-10-22-45(38)55(50)57)40-30-28-39(29-31-40)43-34-35-49(47-24-13-12-23-46(43)47)53-36-52(58-56(59-53)41-19-7-4-8-20-41)48-25-14-11-21-42(48)37-16-5-3-6-17-37/h3-36H,1-2H3. The molecule has 0 amide bonds. The van der Waals surface area contributed by atoms with Crippen LogP contribution < -0.4 is 0 Å². The Bertz CT molecular complexity index is 3220. The van der Waals surface area contributed by atoms with Crippen molar-refractivity contribution < 1.29 is 0 Å². The molecule has 11 rings (SSSR count). The van der Waals surface area contributed by atoms with Crippen LogP contribution in [-0.2, 0) is 5.41 Å². The van der Waals surface area contributed by atoms with Gasteiger partial charge < -0.3 is 0 Å². The summed E-state index contributed by atoms with van der Waals surface area (Å²) in [6.07, 6.45) is 0. The molecule has 59 heavy (non-hydrogen) atoms. The molecule has 0 unspecified atom stereocenters. The highest BCUT2D eigenvalue weighted by molar-refractivity contribution is 6.06. The summed E-state index contributed by atoms with van der Waals surface area (Å²) in [5.41, 5.74) is 17.5. The van der Waals surface area contributed by atoms with Crippen LogP contribution in [0.1, 0.15) is 25.0 Å². The first-order chi connectivity index (χ1) is 29.0. The minimum absolute atomic E-state index is 0.0975. The minimum atomic E-state index is -0.0975. The Morgan fingerprint density at radius 1 is 0.339 bits per heavy atom. The van der Waals surface area contributed by atoms with Gasteiger partial charge in [-0.1, -0.05) is 214 Å². The van der Waals surface area contributed by atoms with Gasteiger partial charge in [-0.25, -0.2) is 9.97 Å². The molecule has 0 N–H and O–H groups in total. The van der Waals surface area contributed by atoms with Gasteiger partial charge in [0.1, 0.15) is 0 Å². The second kappa shape index (κ2) is 13.9. The van der Waals surface area contributed by atoms with Gasteiger partial charge in [0.15, 0.2) is 5.82 Å². The average Bonchev–Trinajstić information content (AvgIpc) is 3.55. The molecule has 1 aliphatic rings. The quantitative estimate of drug-likeness (QED) is 0.169. The van der Waals surface area contributed by atoms with Crippen LogP contribution in [0.4, 0.5) is 0 Å². The van der Waals surface area contributed by atoms with Crippen LogP contribution in [0.25, 0.3) is 100.0 Å². The Labute approximate surface area is 345 Å². The van der Waals surface area contributed by atoms with E-state index in [0.29, 0.717) is 5.82 Å². The zero-order valence-corrected chi connectivity index (χ0v) is 33.0. The molecule has 0 aliphatic heterocycles. The molecule has 0 fully saturated rings.